The lowest BCUT2D eigenvalue weighted by atomic mass is 10.1. The Kier molecular flexibility index (Phi) is 2.72. The number of fused-ring (bicyclic) bond motifs is 1. The summed E-state index contributed by atoms with van der Waals surface area (Å²) in [5.74, 6) is -0.437. The molecule has 0 aliphatic carbocycles. The van der Waals surface area contributed by atoms with E-state index >= 15 is 0 Å². The number of benzene rings is 1. The third kappa shape index (κ3) is 1.95. The first-order valence-electron chi connectivity index (χ1n) is 5.78. The van der Waals surface area contributed by atoms with Crippen molar-refractivity contribution in [3.8, 4) is 11.3 Å². The molecule has 3 rings (SSSR count). The van der Waals surface area contributed by atoms with Crippen LogP contribution in [0.5, 0.6) is 0 Å². The van der Waals surface area contributed by atoms with Crippen LogP contribution in [0.4, 0.5) is 0 Å². The van der Waals surface area contributed by atoms with Gasteiger partial charge in [0, 0.05) is 11.8 Å². The topological polar surface area (TPSA) is 56.5 Å². The van der Waals surface area contributed by atoms with E-state index in [1.54, 1.807) is 10.7 Å². The molecule has 0 atom stereocenters. The van der Waals surface area contributed by atoms with E-state index in [4.69, 9.17) is 4.74 Å². The van der Waals surface area contributed by atoms with E-state index in [0.717, 1.165) is 11.3 Å². The van der Waals surface area contributed by atoms with Gasteiger partial charge in [-0.3, -0.25) is 0 Å². The van der Waals surface area contributed by atoms with Crippen LogP contribution >= 0.6 is 0 Å². The van der Waals surface area contributed by atoms with Crippen LogP contribution in [0, 0.1) is 0 Å². The molecule has 2 heterocycles. The molecule has 19 heavy (non-hydrogen) atoms. The first kappa shape index (κ1) is 11.4. The molecule has 0 saturated carbocycles. The molecule has 0 bridgehead atoms. The molecule has 5 heteroatoms. The largest absolute Gasteiger partial charge is 0.465 e. The molecule has 5 nitrogen and oxygen atoms in total. The van der Waals surface area contributed by atoms with Gasteiger partial charge in [-0.25, -0.2) is 14.3 Å². The van der Waals surface area contributed by atoms with Crippen molar-refractivity contribution in [2.75, 3.05) is 7.11 Å². The molecule has 2 aromatic heterocycles. The first-order chi connectivity index (χ1) is 9.29. The minimum absolute atomic E-state index is 0.361. The lowest BCUT2D eigenvalue weighted by Crippen LogP contribution is -2.02. The van der Waals surface area contributed by atoms with Crippen LogP contribution < -0.4 is 0 Å². The van der Waals surface area contributed by atoms with Gasteiger partial charge in [0.25, 0.3) is 0 Å². The van der Waals surface area contributed by atoms with Crippen molar-refractivity contribution in [3.05, 3.63) is 54.4 Å². The van der Waals surface area contributed by atoms with Crippen LogP contribution in [-0.4, -0.2) is 27.7 Å². The molecule has 3 aromatic rings. The molecule has 0 spiro atoms. The lowest BCUT2D eigenvalue weighted by Gasteiger charge is -2.02. The molecule has 0 unspecified atom stereocenters. The van der Waals surface area contributed by atoms with Crippen molar-refractivity contribution in [1.29, 1.82) is 0 Å². The zero-order chi connectivity index (χ0) is 13.2. The van der Waals surface area contributed by atoms with Crippen LogP contribution in [0.2, 0.25) is 0 Å². The Morgan fingerprint density at radius 1 is 1.21 bits per heavy atom. The molecule has 0 aliphatic rings. The van der Waals surface area contributed by atoms with E-state index in [1.165, 1.54) is 13.3 Å². The predicted octanol–water partition coefficient (Wildman–Crippen LogP) is 2.18. The smallest absolute Gasteiger partial charge is 0.343 e. The fourth-order valence-electron chi connectivity index (χ4n) is 1.89. The van der Waals surface area contributed by atoms with Crippen molar-refractivity contribution in [2.24, 2.45) is 0 Å². The Morgan fingerprint density at radius 3 is 2.74 bits per heavy atom. The lowest BCUT2D eigenvalue weighted by molar-refractivity contribution is 0.0602. The normalized spacial score (nSPS) is 10.6. The van der Waals surface area contributed by atoms with Gasteiger partial charge < -0.3 is 4.74 Å². The average Bonchev–Trinajstić information content (AvgIpc) is 2.90. The third-order valence-electron chi connectivity index (χ3n) is 2.84. The second kappa shape index (κ2) is 4.53. The van der Waals surface area contributed by atoms with Gasteiger partial charge in [0.1, 0.15) is 5.56 Å². The molecule has 94 valence electrons. The number of hydrogen-bond donors (Lipinski definition) is 0. The molecule has 0 aliphatic heterocycles. The number of rotatable bonds is 2. The van der Waals surface area contributed by atoms with Gasteiger partial charge in [-0.2, -0.15) is 5.10 Å². The van der Waals surface area contributed by atoms with Gasteiger partial charge in [0.2, 0.25) is 0 Å². The van der Waals surface area contributed by atoms with Crippen LogP contribution in [-0.2, 0) is 4.74 Å². The summed E-state index contributed by atoms with van der Waals surface area (Å²) in [6.07, 6.45) is 3.24. The summed E-state index contributed by atoms with van der Waals surface area (Å²) in [5.41, 5.74) is 2.63. The van der Waals surface area contributed by atoms with E-state index in [9.17, 15) is 4.79 Å². The number of carbonyl (C=O) groups excluding carboxylic acids is 1. The molecule has 0 fully saturated rings. The maximum Gasteiger partial charge on any atom is 0.343 e. The van der Waals surface area contributed by atoms with Crippen molar-refractivity contribution >= 4 is 11.6 Å². The molecule has 1 aromatic carbocycles. The highest BCUT2D eigenvalue weighted by molar-refractivity contribution is 5.95. The molecule has 0 N–H and O–H groups in total. The zero-order valence-corrected chi connectivity index (χ0v) is 10.3. The van der Waals surface area contributed by atoms with Crippen LogP contribution in [0.1, 0.15) is 10.4 Å². The molecule has 0 amide bonds. The van der Waals surface area contributed by atoms with Crippen molar-refractivity contribution in [2.45, 2.75) is 0 Å². The van der Waals surface area contributed by atoms with E-state index in [2.05, 4.69) is 10.1 Å². The number of ether oxygens (including phenoxy) is 1. The third-order valence-corrected chi connectivity index (χ3v) is 2.84. The summed E-state index contributed by atoms with van der Waals surface area (Å²) in [7, 11) is 1.34. The standard InChI is InChI=1S/C14H11N3O2/c1-19-14(18)11-9-15-17-8-7-12(16-13(11)17)10-5-3-2-4-6-10/h2-9H,1H3. The Hall–Kier alpha value is -2.69. The molecule has 0 radical (unpaired) electrons. The summed E-state index contributed by atoms with van der Waals surface area (Å²) in [6.45, 7) is 0. The average molecular weight is 253 g/mol. The number of hydrogen-bond acceptors (Lipinski definition) is 4. The summed E-state index contributed by atoms with van der Waals surface area (Å²) in [4.78, 5) is 16.1. The summed E-state index contributed by atoms with van der Waals surface area (Å²) in [5, 5.41) is 4.08. The van der Waals surface area contributed by atoms with Crippen LogP contribution in [0.15, 0.2) is 48.8 Å². The van der Waals surface area contributed by atoms with Crippen molar-refractivity contribution in [1.82, 2.24) is 14.6 Å². The van der Waals surface area contributed by atoms with Crippen molar-refractivity contribution in [3.63, 3.8) is 0 Å². The van der Waals surface area contributed by atoms with E-state index < -0.39 is 5.97 Å². The number of carbonyl (C=O) groups is 1. The van der Waals surface area contributed by atoms with Crippen LogP contribution in [0.25, 0.3) is 16.9 Å². The Labute approximate surface area is 109 Å². The predicted molar refractivity (Wildman–Crippen MR) is 69.8 cm³/mol. The monoisotopic (exact) mass is 253 g/mol. The molecular weight excluding hydrogens is 242 g/mol. The Morgan fingerprint density at radius 2 is 2.00 bits per heavy atom. The number of aromatic nitrogens is 3. The summed E-state index contributed by atoms with van der Waals surface area (Å²) in [6, 6.07) is 11.6. The highest BCUT2D eigenvalue weighted by Crippen LogP contribution is 2.18. The second-order valence-electron chi connectivity index (χ2n) is 4.00. The van der Waals surface area contributed by atoms with E-state index in [0.29, 0.717) is 11.2 Å². The van der Waals surface area contributed by atoms with Gasteiger partial charge in [-0.05, 0) is 6.07 Å². The second-order valence-corrected chi connectivity index (χ2v) is 4.00. The quantitative estimate of drug-likeness (QED) is 0.657. The van der Waals surface area contributed by atoms with Crippen LogP contribution in [0.3, 0.4) is 0 Å². The highest BCUT2D eigenvalue weighted by Gasteiger charge is 2.14. The van der Waals surface area contributed by atoms with Gasteiger partial charge >= 0.3 is 5.97 Å². The number of methoxy groups -OCH3 is 1. The maximum absolute atomic E-state index is 11.6. The fraction of sp³-hybridized carbons (Fsp3) is 0.0714. The van der Waals surface area contributed by atoms with E-state index in [-0.39, 0.29) is 0 Å². The highest BCUT2D eigenvalue weighted by atomic mass is 16.5. The van der Waals surface area contributed by atoms with E-state index in [1.807, 2.05) is 36.4 Å². The number of nitrogens with zero attached hydrogens (tertiary/aromatic N) is 3. The van der Waals surface area contributed by atoms with Gasteiger partial charge in [-0.15, -0.1) is 0 Å². The minimum Gasteiger partial charge on any atom is -0.465 e. The molecular formula is C14H11N3O2. The van der Waals surface area contributed by atoms with Gasteiger partial charge in [-0.1, -0.05) is 30.3 Å². The maximum atomic E-state index is 11.6. The zero-order valence-electron chi connectivity index (χ0n) is 10.3. The Bertz CT molecular complexity index is 735. The first-order valence-corrected chi connectivity index (χ1v) is 5.78. The summed E-state index contributed by atoms with van der Waals surface area (Å²) >= 11 is 0. The fourth-order valence-corrected chi connectivity index (χ4v) is 1.89. The number of esters is 1. The minimum atomic E-state index is -0.437. The van der Waals surface area contributed by atoms with Gasteiger partial charge in [0.05, 0.1) is 19.0 Å². The van der Waals surface area contributed by atoms with Crippen molar-refractivity contribution < 1.29 is 9.53 Å². The SMILES string of the molecule is COC(=O)c1cnn2ccc(-c3ccccc3)nc12. The summed E-state index contributed by atoms with van der Waals surface area (Å²) < 4.78 is 6.27. The molecule has 0 saturated heterocycles. The van der Waals surface area contributed by atoms with Gasteiger partial charge in [0.15, 0.2) is 5.65 Å². The Balaban J connectivity index is 2.17.